The average molecular weight is 393 g/mol. The van der Waals surface area contributed by atoms with Crippen molar-refractivity contribution < 1.29 is 19.1 Å². The molecular formula is C24H27NO4. The fourth-order valence-electron chi connectivity index (χ4n) is 4.92. The SMILES string of the molecule is C[C@H](NC(=O)COC(=O)C1C[C@H]2CCC[C@@H](C1)C2=O)c1cccc2ccccc12. The summed E-state index contributed by atoms with van der Waals surface area (Å²) in [6, 6.07) is 13.9. The van der Waals surface area contributed by atoms with Crippen LogP contribution in [0, 0.1) is 17.8 Å². The number of hydrogen-bond acceptors (Lipinski definition) is 4. The van der Waals surface area contributed by atoms with Crippen LogP contribution in [0.4, 0.5) is 0 Å². The first-order chi connectivity index (χ1) is 14.0. The predicted molar refractivity (Wildman–Crippen MR) is 110 cm³/mol. The van der Waals surface area contributed by atoms with Gasteiger partial charge in [0, 0.05) is 11.8 Å². The number of carbonyl (C=O) groups excluding carboxylic acids is 3. The van der Waals surface area contributed by atoms with E-state index in [0.717, 1.165) is 35.6 Å². The molecule has 0 saturated heterocycles. The van der Waals surface area contributed by atoms with Gasteiger partial charge in [0.1, 0.15) is 5.78 Å². The van der Waals surface area contributed by atoms with Crippen molar-refractivity contribution in [2.24, 2.45) is 17.8 Å². The number of benzene rings is 2. The molecule has 0 aromatic heterocycles. The Labute approximate surface area is 170 Å². The summed E-state index contributed by atoms with van der Waals surface area (Å²) in [5.74, 6) is -0.595. The molecule has 1 unspecified atom stereocenters. The second-order valence-corrected chi connectivity index (χ2v) is 8.36. The number of hydrogen-bond donors (Lipinski definition) is 1. The van der Waals surface area contributed by atoms with Crippen LogP contribution in [0.1, 0.15) is 50.6 Å². The van der Waals surface area contributed by atoms with Gasteiger partial charge in [0.25, 0.3) is 5.91 Å². The zero-order valence-corrected chi connectivity index (χ0v) is 16.7. The normalized spacial score (nSPS) is 24.7. The molecule has 29 heavy (non-hydrogen) atoms. The molecule has 5 heteroatoms. The van der Waals surface area contributed by atoms with Crippen LogP contribution >= 0.6 is 0 Å². The van der Waals surface area contributed by atoms with Crippen molar-refractivity contribution in [1.82, 2.24) is 5.32 Å². The summed E-state index contributed by atoms with van der Waals surface area (Å²) in [5, 5.41) is 5.14. The number of carbonyl (C=O) groups is 3. The molecule has 2 fully saturated rings. The minimum atomic E-state index is -0.345. The highest BCUT2D eigenvalue weighted by Crippen LogP contribution is 2.40. The molecule has 2 bridgehead atoms. The van der Waals surface area contributed by atoms with E-state index in [1.807, 2.05) is 49.4 Å². The second-order valence-electron chi connectivity index (χ2n) is 8.36. The highest BCUT2D eigenvalue weighted by atomic mass is 16.5. The molecule has 0 heterocycles. The third-order valence-electron chi connectivity index (χ3n) is 6.39. The monoisotopic (exact) mass is 393 g/mol. The lowest BCUT2D eigenvalue weighted by atomic mass is 9.67. The summed E-state index contributed by atoms with van der Waals surface area (Å²) in [6.45, 7) is 1.64. The molecule has 1 N–H and O–H groups in total. The van der Waals surface area contributed by atoms with Crippen molar-refractivity contribution in [3.8, 4) is 0 Å². The van der Waals surface area contributed by atoms with Gasteiger partial charge in [-0.15, -0.1) is 0 Å². The molecule has 2 saturated carbocycles. The topological polar surface area (TPSA) is 72.5 Å². The summed E-state index contributed by atoms with van der Waals surface area (Å²) < 4.78 is 5.31. The van der Waals surface area contributed by atoms with E-state index in [1.54, 1.807) is 0 Å². The number of ketones is 1. The van der Waals surface area contributed by atoms with Crippen LogP contribution in [0.25, 0.3) is 10.8 Å². The number of rotatable bonds is 5. The van der Waals surface area contributed by atoms with Gasteiger partial charge in [0.2, 0.25) is 0 Å². The maximum Gasteiger partial charge on any atom is 0.309 e. The van der Waals surface area contributed by atoms with E-state index in [9.17, 15) is 14.4 Å². The van der Waals surface area contributed by atoms with Gasteiger partial charge in [-0.3, -0.25) is 14.4 Å². The standard InChI is InChI=1S/C24H27NO4/c1-15(20-11-5-7-16-6-2-3-10-21(16)20)25-22(26)14-29-24(28)19-12-17-8-4-9-18(13-19)23(17)27/h2-3,5-7,10-11,15,17-19H,4,8-9,12-14H2,1H3,(H,25,26)/t15-,17-,18+,19?/m0/s1. The number of esters is 1. The minimum Gasteiger partial charge on any atom is -0.455 e. The number of nitrogens with one attached hydrogen (secondary N) is 1. The second kappa shape index (κ2) is 8.36. The van der Waals surface area contributed by atoms with Crippen LogP contribution in [-0.2, 0) is 19.1 Å². The Balaban J connectivity index is 1.32. The van der Waals surface area contributed by atoms with Gasteiger partial charge in [-0.1, -0.05) is 48.9 Å². The molecule has 0 spiro atoms. The fourth-order valence-corrected chi connectivity index (χ4v) is 4.92. The van der Waals surface area contributed by atoms with Crippen LogP contribution in [0.5, 0.6) is 0 Å². The molecule has 2 aliphatic carbocycles. The maximum absolute atomic E-state index is 12.5. The van der Waals surface area contributed by atoms with Crippen molar-refractivity contribution >= 4 is 28.4 Å². The van der Waals surface area contributed by atoms with E-state index in [2.05, 4.69) is 5.32 Å². The van der Waals surface area contributed by atoms with Crippen LogP contribution in [0.15, 0.2) is 42.5 Å². The van der Waals surface area contributed by atoms with Crippen molar-refractivity contribution in [1.29, 1.82) is 0 Å². The quantitative estimate of drug-likeness (QED) is 0.781. The van der Waals surface area contributed by atoms with Crippen molar-refractivity contribution in [3.63, 3.8) is 0 Å². The first-order valence-electron chi connectivity index (χ1n) is 10.5. The lowest BCUT2D eigenvalue weighted by molar-refractivity contribution is -0.156. The van der Waals surface area contributed by atoms with Crippen LogP contribution in [0.3, 0.4) is 0 Å². The molecule has 2 aromatic carbocycles. The predicted octanol–water partition coefficient (Wildman–Crippen LogP) is 3.96. The molecule has 2 aliphatic rings. The highest BCUT2D eigenvalue weighted by molar-refractivity contribution is 5.89. The van der Waals surface area contributed by atoms with E-state index in [-0.39, 0.29) is 42.3 Å². The Morgan fingerprint density at radius 3 is 2.52 bits per heavy atom. The summed E-state index contributed by atoms with van der Waals surface area (Å²) in [6.07, 6.45) is 3.96. The summed E-state index contributed by atoms with van der Waals surface area (Å²) >= 11 is 0. The molecule has 0 radical (unpaired) electrons. The van der Waals surface area contributed by atoms with Crippen molar-refractivity contribution in [2.75, 3.05) is 6.61 Å². The molecular weight excluding hydrogens is 366 g/mol. The first kappa shape index (κ1) is 19.6. The molecule has 1 amide bonds. The first-order valence-corrected chi connectivity index (χ1v) is 10.5. The van der Waals surface area contributed by atoms with Crippen LogP contribution in [0.2, 0.25) is 0 Å². The average Bonchev–Trinajstić information content (AvgIpc) is 2.71. The maximum atomic E-state index is 12.5. The van der Waals surface area contributed by atoms with Gasteiger partial charge in [-0.25, -0.2) is 0 Å². The van der Waals surface area contributed by atoms with Crippen LogP contribution < -0.4 is 5.32 Å². The third kappa shape index (κ3) is 4.19. The summed E-state index contributed by atoms with van der Waals surface area (Å²) in [4.78, 5) is 37.0. The summed E-state index contributed by atoms with van der Waals surface area (Å²) in [7, 11) is 0. The Morgan fingerprint density at radius 1 is 1.07 bits per heavy atom. The Morgan fingerprint density at radius 2 is 1.76 bits per heavy atom. The number of Topliss-reactive ketones (excluding diaryl/α,β-unsaturated/α-hetero) is 1. The van der Waals surface area contributed by atoms with Gasteiger partial charge >= 0.3 is 5.97 Å². The van der Waals surface area contributed by atoms with Gasteiger partial charge in [0.15, 0.2) is 6.61 Å². The highest BCUT2D eigenvalue weighted by Gasteiger charge is 2.41. The Bertz CT molecular complexity index is 916. The lowest BCUT2D eigenvalue weighted by Gasteiger charge is -2.36. The van der Waals surface area contributed by atoms with E-state index in [4.69, 9.17) is 4.74 Å². The number of ether oxygens (including phenoxy) is 1. The Hall–Kier alpha value is -2.69. The molecule has 4 atom stereocenters. The molecule has 5 nitrogen and oxygen atoms in total. The van der Waals surface area contributed by atoms with E-state index in [0.29, 0.717) is 18.6 Å². The number of fused-ring (bicyclic) bond motifs is 3. The van der Waals surface area contributed by atoms with Gasteiger partial charge < -0.3 is 10.1 Å². The van der Waals surface area contributed by atoms with E-state index >= 15 is 0 Å². The molecule has 0 aliphatic heterocycles. The minimum absolute atomic E-state index is 0.000241. The summed E-state index contributed by atoms with van der Waals surface area (Å²) in [5.41, 5.74) is 1.03. The van der Waals surface area contributed by atoms with E-state index < -0.39 is 0 Å². The van der Waals surface area contributed by atoms with Crippen molar-refractivity contribution in [2.45, 2.75) is 45.1 Å². The van der Waals surface area contributed by atoms with E-state index in [1.165, 1.54) is 0 Å². The molecule has 152 valence electrons. The molecule has 2 aromatic rings. The molecule has 4 rings (SSSR count). The van der Waals surface area contributed by atoms with Crippen LogP contribution in [-0.4, -0.2) is 24.3 Å². The third-order valence-corrected chi connectivity index (χ3v) is 6.39. The largest absolute Gasteiger partial charge is 0.455 e. The lowest BCUT2D eigenvalue weighted by Crippen LogP contribution is -2.40. The van der Waals surface area contributed by atoms with Gasteiger partial charge in [0.05, 0.1) is 12.0 Å². The zero-order chi connectivity index (χ0) is 20.4. The smallest absolute Gasteiger partial charge is 0.309 e. The Kier molecular flexibility index (Phi) is 5.65. The van der Waals surface area contributed by atoms with Gasteiger partial charge in [-0.2, -0.15) is 0 Å². The zero-order valence-electron chi connectivity index (χ0n) is 16.7. The fraction of sp³-hybridized carbons (Fsp3) is 0.458. The van der Waals surface area contributed by atoms with Gasteiger partial charge in [-0.05, 0) is 48.9 Å². The van der Waals surface area contributed by atoms with Crippen molar-refractivity contribution in [3.05, 3.63) is 48.0 Å². The number of amides is 1.